The SMILES string of the molecule is CCC#CCC#CCCCOC1CCCCO1. The van der Waals surface area contributed by atoms with Gasteiger partial charge < -0.3 is 9.47 Å². The summed E-state index contributed by atoms with van der Waals surface area (Å²) in [5.74, 6) is 12.2. The highest BCUT2D eigenvalue weighted by Crippen LogP contribution is 2.13. The molecule has 2 nitrogen and oxygen atoms in total. The molecular weight excluding hydrogens is 212 g/mol. The molecule has 0 aromatic carbocycles. The molecule has 1 saturated heterocycles. The van der Waals surface area contributed by atoms with Crippen molar-refractivity contribution >= 4 is 0 Å². The number of unbranched alkanes of at least 4 members (excludes halogenated alkanes) is 1. The zero-order valence-corrected chi connectivity index (χ0v) is 10.8. The van der Waals surface area contributed by atoms with Crippen LogP contribution in [0.4, 0.5) is 0 Å². The van der Waals surface area contributed by atoms with Crippen LogP contribution in [0.15, 0.2) is 0 Å². The quantitative estimate of drug-likeness (QED) is 0.549. The van der Waals surface area contributed by atoms with E-state index in [-0.39, 0.29) is 6.29 Å². The maximum absolute atomic E-state index is 5.61. The van der Waals surface area contributed by atoms with Gasteiger partial charge in [-0.05, 0) is 25.7 Å². The van der Waals surface area contributed by atoms with Crippen LogP contribution in [0, 0.1) is 23.7 Å². The zero-order valence-electron chi connectivity index (χ0n) is 10.8. The average molecular weight is 234 g/mol. The molecule has 1 aliphatic rings. The van der Waals surface area contributed by atoms with E-state index in [0.717, 1.165) is 38.9 Å². The van der Waals surface area contributed by atoms with E-state index in [9.17, 15) is 0 Å². The second kappa shape index (κ2) is 10.2. The minimum atomic E-state index is 0.0344. The maximum Gasteiger partial charge on any atom is 0.157 e. The summed E-state index contributed by atoms with van der Waals surface area (Å²) >= 11 is 0. The van der Waals surface area contributed by atoms with Gasteiger partial charge in [0.05, 0.1) is 13.0 Å². The molecular formula is C15H22O2. The van der Waals surface area contributed by atoms with Gasteiger partial charge >= 0.3 is 0 Å². The van der Waals surface area contributed by atoms with Crippen molar-refractivity contribution in [2.75, 3.05) is 13.2 Å². The molecule has 0 aliphatic carbocycles. The molecule has 0 radical (unpaired) electrons. The smallest absolute Gasteiger partial charge is 0.157 e. The highest BCUT2D eigenvalue weighted by atomic mass is 16.7. The predicted octanol–water partition coefficient (Wildman–Crippen LogP) is 3.12. The van der Waals surface area contributed by atoms with E-state index in [0.29, 0.717) is 6.42 Å². The van der Waals surface area contributed by atoms with E-state index in [2.05, 4.69) is 23.7 Å². The second-order valence-electron chi connectivity index (χ2n) is 4.01. The predicted molar refractivity (Wildman–Crippen MR) is 69.2 cm³/mol. The number of hydrogen-bond acceptors (Lipinski definition) is 2. The van der Waals surface area contributed by atoms with Gasteiger partial charge in [-0.1, -0.05) is 18.8 Å². The molecule has 1 rings (SSSR count). The van der Waals surface area contributed by atoms with Gasteiger partial charge in [-0.2, -0.15) is 0 Å². The Labute approximate surface area is 105 Å². The van der Waals surface area contributed by atoms with Crippen molar-refractivity contribution in [1.29, 1.82) is 0 Å². The van der Waals surface area contributed by atoms with Gasteiger partial charge in [-0.25, -0.2) is 0 Å². The fraction of sp³-hybridized carbons (Fsp3) is 0.733. The van der Waals surface area contributed by atoms with Crippen LogP contribution in [0.25, 0.3) is 0 Å². The lowest BCUT2D eigenvalue weighted by atomic mass is 10.2. The summed E-state index contributed by atoms with van der Waals surface area (Å²) in [5.41, 5.74) is 0. The number of hydrogen-bond donors (Lipinski definition) is 0. The largest absolute Gasteiger partial charge is 0.353 e. The fourth-order valence-electron chi connectivity index (χ4n) is 1.60. The van der Waals surface area contributed by atoms with Gasteiger partial charge in [0.25, 0.3) is 0 Å². The first-order chi connectivity index (χ1) is 8.43. The van der Waals surface area contributed by atoms with E-state index >= 15 is 0 Å². The number of ether oxygens (including phenoxy) is 2. The van der Waals surface area contributed by atoms with E-state index < -0.39 is 0 Å². The molecule has 1 unspecified atom stereocenters. The summed E-state index contributed by atoms with van der Waals surface area (Å²) in [6.07, 6.45) is 6.95. The van der Waals surface area contributed by atoms with Crippen LogP contribution in [0.1, 0.15) is 51.9 Å². The van der Waals surface area contributed by atoms with E-state index in [1.54, 1.807) is 0 Å². The first-order valence-electron chi connectivity index (χ1n) is 6.58. The van der Waals surface area contributed by atoms with Crippen LogP contribution < -0.4 is 0 Å². The molecule has 2 heteroatoms. The van der Waals surface area contributed by atoms with Crippen molar-refractivity contribution in [1.82, 2.24) is 0 Å². The van der Waals surface area contributed by atoms with Crippen molar-refractivity contribution < 1.29 is 9.47 Å². The van der Waals surface area contributed by atoms with E-state index in [4.69, 9.17) is 9.47 Å². The molecule has 0 spiro atoms. The molecule has 0 saturated carbocycles. The highest BCUT2D eigenvalue weighted by molar-refractivity contribution is 5.11. The minimum absolute atomic E-state index is 0.0344. The summed E-state index contributed by atoms with van der Waals surface area (Å²) in [6.45, 7) is 3.64. The fourth-order valence-corrected chi connectivity index (χ4v) is 1.60. The third-order valence-electron chi connectivity index (χ3n) is 2.49. The van der Waals surface area contributed by atoms with Crippen LogP contribution in [-0.4, -0.2) is 19.5 Å². The average Bonchev–Trinajstić information content (AvgIpc) is 2.38. The molecule has 94 valence electrons. The Morgan fingerprint density at radius 2 is 2.06 bits per heavy atom. The molecule has 17 heavy (non-hydrogen) atoms. The van der Waals surface area contributed by atoms with E-state index in [1.165, 1.54) is 12.8 Å². The third-order valence-corrected chi connectivity index (χ3v) is 2.49. The Morgan fingerprint density at radius 3 is 2.82 bits per heavy atom. The molecule has 1 fully saturated rings. The van der Waals surface area contributed by atoms with Crippen LogP contribution in [-0.2, 0) is 9.47 Å². The van der Waals surface area contributed by atoms with Crippen LogP contribution in [0.2, 0.25) is 0 Å². The Morgan fingerprint density at radius 1 is 1.18 bits per heavy atom. The summed E-state index contributed by atoms with van der Waals surface area (Å²) < 4.78 is 11.1. The molecule has 0 N–H and O–H groups in total. The topological polar surface area (TPSA) is 18.5 Å². The van der Waals surface area contributed by atoms with Gasteiger partial charge in [0.1, 0.15) is 0 Å². The third kappa shape index (κ3) is 7.86. The highest BCUT2D eigenvalue weighted by Gasteiger charge is 2.12. The Hall–Kier alpha value is -0.960. The lowest BCUT2D eigenvalue weighted by molar-refractivity contribution is -0.162. The normalized spacial score (nSPS) is 18.8. The first-order valence-corrected chi connectivity index (χ1v) is 6.58. The molecule has 0 bridgehead atoms. The van der Waals surface area contributed by atoms with Gasteiger partial charge in [0, 0.05) is 19.4 Å². The Bertz CT molecular complexity index is 294. The molecule has 1 heterocycles. The van der Waals surface area contributed by atoms with Gasteiger partial charge in [0.2, 0.25) is 0 Å². The Kier molecular flexibility index (Phi) is 8.47. The summed E-state index contributed by atoms with van der Waals surface area (Å²) in [5, 5.41) is 0. The van der Waals surface area contributed by atoms with Crippen molar-refractivity contribution in [3.63, 3.8) is 0 Å². The molecule has 1 atom stereocenters. The van der Waals surface area contributed by atoms with Gasteiger partial charge in [0.15, 0.2) is 6.29 Å². The van der Waals surface area contributed by atoms with Crippen molar-refractivity contribution in [2.45, 2.75) is 58.2 Å². The van der Waals surface area contributed by atoms with E-state index in [1.807, 2.05) is 6.92 Å². The lowest BCUT2D eigenvalue weighted by Gasteiger charge is -2.22. The standard InChI is InChI=1S/C15H22O2/c1-2-3-4-5-6-7-8-10-13-16-15-12-9-11-14-17-15/h15H,2,5,8-14H2,1H3. The summed E-state index contributed by atoms with van der Waals surface area (Å²) in [6, 6.07) is 0. The molecule has 1 aliphatic heterocycles. The lowest BCUT2D eigenvalue weighted by Crippen LogP contribution is -2.22. The first kappa shape index (κ1) is 14.1. The van der Waals surface area contributed by atoms with Crippen LogP contribution >= 0.6 is 0 Å². The minimum Gasteiger partial charge on any atom is -0.353 e. The zero-order chi connectivity index (χ0) is 12.2. The van der Waals surface area contributed by atoms with Crippen LogP contribution in [0.3, 0.4) is 0 Å². The van der Waals surface area contributed by atoms with Gasteiger partial charge in [-0.15, -0.1) is 11.8 Å². The van der Waals surface area contributed by atoms with Gasteiger partial charge in [-0.3, -0.25) is 0 Å². The summed E-state index contributed by atoms with van der Waals surface area (Å²) in [4.78, 5) is 0. The molecule has 0 amide bonds. The Balaban J connectivity index is 1.93. The summed E-state index contributed by atoms with van der Waals surface area (Å²) in [7, 11) is 0. The number of rotatable bonds is 4. The van der Waals surface area contributed by atoms with Crippen LogP contribution in [0.5, 0.6) is 0 Å². The van der Waals surface area contributed by atoms with Crippen molar-refractivity contribution in [3.05, 3.63) is 0 Å². The molecule has 0 aromatic heterocycles. The molecule has 0 aromatic rings. The van der Waals surface area contributed by atoms with Crippen molar-refractivity contribution in [3.8, 4) is 23.7 Å². The monoisotopic (exact) mass is 234 g/mol. The van der Waals surface area contributed by atoms with Crippen molar-refractivity contribution in [2.24, 2.45) is 0 Å². The maximum atomic E-state index is 5.61. The second-order valence-corrected chi connectivity index (χ2v) is 4.01.